The minimum absolute atomic E-state index is 0.188. The van der Waals surface area contributed by atoms with Crippen molar-refractivity contribution in [3.63, 3.8) is 0 Å². The van der Waals surface area contributed by atoms with Crippen molar-refractivity contribution in [3.05, 3.63) is 21.7 Å². The van der Waals surface area contributed by atoms with E-state index in [1.807, 2.05) is 20.8 Å². The van der Waals surface area contributed by atoms with Crippen molar-refractivity contribution in [3.8, 4) is 0 Å². The molecule has 0 radical (unpaired) electrons. The lowest BCUT2D eigenvalue weighted by Crippen LogP contribution is -2.06. The van der Waals surface area contributed by atoms with Gasteiger partial charge in [0.05, 0.1) is 6.10 Å². The molecule has 0 aromatic carbocycles. The zero-order valence-corrected chi connectivity index (χ0v) is 11.8. The quantitative estimate of drug-likeness (QED) is 0.732. The minimum Gasteiger partial charge on any atom is -0.488 e. The first-order valence-electron chi connectivity index (χ1n) is 5.71. The van der Waals surface area contributed by atoms with Crippen LogP contribution in [0.25, 0.3) is 5.76 Å². The molecule has 16 heavy (non-hydrogen) atoms. The van der Waals surface area contributed by atoms with Crippen LogP contribution in [-0.2, 0) is 4.74 Å². The van der Waals surface area contributed by atoms with Gasteiger partial charge in [-0.05, 0) is 39.2 Å². The third-order valence-corrected chi connectivity index (χ3v) is 3.35. The van der Waals surface area contributed by atoms with Gasteiger partial charge in [0, 0.05) is 11.1 Å². The molecule has 0 fully saturated rings. The molecule has 0 aliphatic heterocycles. The number of rotatable bonds is 4. The molecule has 2 nitrogen and oxygen atoms in total. The zero-order valence-electron chi connectivity index (χ0n) is 11.0. The maximum absolute atomic E-state index is 5.90. The molecule has 1 heterocycles. The van der Waals surface area contributed by atoms with Crippen LogP contribution < -0.4 is 0 Å². The molecule has 0 saturated heterocycles. The highest BCUT2D eigenvalue weighted by molar-refractivity contribution is 7.10. The molecule has 1 aromatic heterocycles. The highest BCUT2D eigenvalue weighted by Gasteiger charge is 2.15. The second kappa shape index (κ2) is 5.48. The summed E-state index contributed by atoms with van der Waals surface area (Å²) in [6.07, 6.45) is 0.188. The van der Waals surface area contributed by atoms with E-state index in [4.69, 9.17) is 4.74 Å². The van der Waals surface area contributed by atoms with Gasteiger partial charge in [-0.2, -0.15) is 0 Å². The van der Waals surface area contributed by atoms with E-state index in [2.05, 4.69) is 31.1 Å². The Labute approximate surface area is 102 Å². The van der Waals surface area contributed by atoms with Gasteiger partial charge >= 0.3 is 0 Å². The third kappa shape index (κ3) is 3.34. The van der Waals surface area contributed by atoms with Crippen LogP contribution in [0.2, 0.25) is 0 Å². The van der Waals surface area contributed by atoms with Crippen LogP contribution >= 0.6 is 11.3 Å². The van der Waals surface area contributed by atoms with Crippen LogP contribution in [0.1, 0.15) is 45.3 Å². The third-order valence-electron chi connectivity index (χ3n) is 2.39. The smallest absolute Gasteiger partial charge is 0.158 e. The van der Waals surface area contributed by atoms with Gasteiger partial charge in [-0.15, -0.1) is 11.3 Å². The topological polar surface area (TPSA) is 22.1 Å². The number of allylic oxidation sites excluding steroid dienone is 1. The highest BCUT2D eigenvalue weighted by Crippen LogP contribution is 2.28. The van der Waals surface area contributed by atoms with Crippen LogP contribution in [0.5, 0.6) is 0 Å². The number of hydrogen-bond acceptors (Lipinski definition) is 3. The summed E-state index contributed by atoms with van der Waals surface area (Å²) in [6.45, 7) is 12.6. The molecule has 0 spiro atoms. The van der Waals surface area contributed by atoms with Gasteiger partial charge in [0.25, 0.3) is 0 Å². The Hall–Kier alpha value is -0.830. The molecular formula is C13H21NOS. The molecule has 90 valence electrons. The molecule has 1 rings (SSSR count). The maximum Gasteiger partial charge on any atom is 0.158 e. The van der Waals surface area contributed by atoms with Gasteiger partial charge < -0.3 is 4.74 Å². The summed E-state index contributed by atoms with van der Waals surface area (Å²) in [4.78, 5) is 4.50. The van der Waals surface area contributed by atoms with Crippen molar-refractivity contribution in [1.82, 2.24) is 4.98 Å². The largest absolute Gasteiger partial charge is 0.488 e. The zero-order chi connectivity index (χ0) is 12.3. The van der Waals surface area contributed by atoms with Crippen molar-refractivity contribution < 1.29 is 4.74 Å². The Morgan fingerprint density at radius 3 is 2.31 bits per heavy atom. The number of aryl methyl sites for hydroxylation is 1. The number of aromatic nitrogens is 1. The molecule has 1 aromatic rings. The fourth-order valence-corrected chi connectivity index (χ4v) is 2.12. The first-order chi connectivity index (χ1) is 7.41. The Bertz CT molecular complexity index is 377. The predicted octanol–water partition coefficient (Wildman–Crippen LogP) is 4.26. The van der Waals surface area contributed by atoms with Crippen LogP contribution in [0.15, 0.2) is 11.0 Å². The van der Waals surface area contributed by atoms with Gasteiger partial charge in [-0.1, -0.05) is 13.8 Å². The molecule has 0 aliphatic rings. The summed E-state index contributed by atoms with van der Waals surface area (Å²) in [7, 11) is 0. The van der Waals surface area contributed by atoms with Gasteiger partial charge in [0.1, 0.15) is 0 Å². The van der Waals surface area contributed by atoms with E-state index in [9.17, 15) is 0 Å². The average Bonchev–Trinajstić information content (AvgIpc) is 2.59. The van der Waals surface area contributed by atoms with Crippen LogP contribution in [0, 0.1) is 12.8 Å². The van der Waals surface area contributed by atoms with Crippen LogP contribution in [0.4, 0.5) is 0 Å². The Kier molecular flexibility index (Phi) is 4.54. The summed E-state index contributed by atoms with van der Waals surface area (Å²) >= 11 is 1.65. The van der Waals surface area contributed by atoms with E-state index in [1.54, 1.807) is 11.3 Å². The fourth-order valence-electron chi connectivity index (χ4n) is 1.27. The Morgan fingerprint density at radius 2 is 1.94 bits per heavy atom. The van der Waals surface area contributed by atoms with Crippen molar-refractivity contribution in [2.75, 3.05) is 0 Å². The average molecular weight is 239 g/mol. The number of ether oxygens (including phenoxy) is 1. The molecule has 0 saturated carbocycles. The van der Waals surface area contributed by atoms with Gasteiger partial charge in [0.2, 0.25) is 0 Å². The number of nitrogens with zero attached hydrogens (tertiary/aromatic N) is 1. The summed E-state index contributed by atoms with van der Waals surface area (Å²) in [5.41, 5.74) is 2.32. The molecule has 3 heteroatoms. The van der Waals surface area contributed by atoms with Crippen molar-refractivity contribution >= 4 is 17.1 Å². The lowest BCUT2D eigenvalue weighted by molar-refractivity contribution is 0.200. The molecule has 0 N–H and O–H groups in total. The molecule has 0 atom stereocenters. The normalized spacial score (nSPS) is 13.2. The van der Waals surface area contributed by atoms with E-state index < -0.39 is 0 Å². The summed E-state index contributed by atoms with van der Waals surface area (Å²) in [5, 5.41) is 3.06. The SMILES string of the molecule is C/C(=C(/OC(C)C)c1nc(C)cs1)C(C)C. The molecule has 0 unspecified atom stereocenters. The number of hydrogen-bond donors (Lipinski definition) is 0. The fraction of sp³-hybridized carbons (Fsp3) is 0.615. The molecule has 0 amide bonds. The maximum atomic E-state index is 5.90. The first kappa shape index (κ1) is 13.2. The Morgan fingerprint density at radius 1 is 1.31 bits per heavy atom. The van der Waals surface area contributed by atoms with Crippen molar-refractivity contribution in [2.45, 2.75) is 47.6 Å². The van der Waals surface area contributed by atoms with Gasteiger partial charge in [0.15, 0.2) is 10.8 Å². The first-order valence-corrected chi connectivity index (χ1v) is 6.59. The van der Waals surface area contributed by atoms with Gasteiger partial charge in [-0.25, -0.2) is 4.98 Å². The molecular weight excluding hydrogens is 218 g/mol. The lowest BCUT2D eigenvalue weighted by atomic mass is 10.0. The molecule has 0 aliphatic carbocycles. The minimum atomic E-state index is 0.188. The highest BCUT2D eigenvalue weighted by atomic mass is 32.1. The lowest BCUT2D eigenvalue weighted by Gasteiger charge is -2.17. The Balaban J connectivity index is 3.10. The molecule has 0 bridgehead atoms. The van der Waals surface area contributed by atoms with E-state index in [1.165, 1.54) is 5.57 Å². The summed E-state index contributed by atoms with van der Waals surface area (Å²) in [5.74, 6) is 1.45. The van der Waals surface area contributed by atoms with Crippen molar-refractivity contribution in [2.24, 2.45) is 5.92 Å². The van der Waals surface area contributed by atoms with E-state index in [-0.39, 0.29) is 6.10 Å². The van der Waals surface area contributed by atoms with E-state index in [0.29, 0.717) is 5.92 Å². The van der Waals surface area contributed by atoms with Crippen LogP contribution in [0.3, 0.4) is 0 Å². The van der Waals surface area contributed by atoms with Crippen LogP contribution in [-0.4, -0.2) is 11.1 Å². The monoisotopic (exact) mass is 239 g/mol. The second-order valence-electron chi connectivity index (χ2n) is 4.63. The van der Waals surface area contributed by atoms with Gasteiger partial charge in [-0.3, -0.25) is 0 Å². The standard InChI is InChI=1S/C13H21NOS/c1-8(2)11(6)12(15-9(3)4)13-14-10(5)7-16-13/h7-9H,1-6H3/b12-11-. The summed E-state index contributed by atoms with van der Waals surface area (Å²) in [6, 6.07) is 0. The number of thiazole rings is 1. The second-order valence-corrected chi connectivity index (χ2v) is 5.49. The van der Waals surface area contributed by atoms with E-state index in [0.717, 1.165) is 16.5 Å². The van der Waals surface area contributed by atoms with Crippen molar-refractivity contribution in [1.29, 1.82) is 0 Å². The predicted molar refractivity (Wildman–Crippen MR) is 70.5 cm³/mol. The summed E-state index contributed by atoms with van der Waals surface area (Å²) < 4.78 is 5.90. The van der Waals surface area contributed by atoms with E-state index >= 15 is 0 Å².